The molecule has 6 nitrogen and oxygen atoms in total. The van der Waals surface area contributed by atoms with Gasteiger partial charge in [0, 0.05) is 36.3 Å². The van der Waals surface area contributed by atoms with E-state index in [4.69, 9.17) is 0 Å². The van der Waals surface area contributed by atoms with Crippen molar-refractivity contribution in [2.24, 2.45) is 7.05 Å². The summed E-state index contributed by atoms with van der Waals surface area (Å²) in [6.07, 6.45) is 0.729. The van der Waals surface area contributed by atoms with Crippen LogP contribution in [0, 0.1) is 13.8 Å². The number of carbonyl (C=O) groups excluding carboxylic acids is 1. The fourth-order valence-electron chi connectivity index (χ4n) is 3.40. The Kier molecular flexibility index (Phi) is 5.00. The quantitative estimate of drug-likeness (QED) is 0.748. The highest BCUT2D eigenvalue weighted by Crippen LogP contribution is 2.25. The molecule has 26 heavy (non-hydrogen) atoms. The second-order valence-electron chi connectivity index (χ2n) is 6.69. The predicted octanol–water partition coefficient (Wildman–Crippen LogP) is 3.09. The lowest BCUT2D eigenvalue weighted by atomic mass is 10.0. The Balaban J connectivity index is 1.80. The van der Waals surface area contributed by atoms with Crippen LogP contribution in [-0.2, 0) is 18.3 Å². The fourth-order valence-corrected chi connectivity index (χ4v) is 4.23. The lowest BCUT2D eigenvalue weighted by Gasteiger charge is -2.24. The Morgan fingerprint density at radius 2 is 2.15 bits per heavy atom. The third-order valence-electron chi connectivity index (χ3n) is 5.07. The van der Waals surface area contributed by atoms with Gasteiger partial charge in [0.2, 0.25) is 5.91 Å². The Bertz CT molecular complexity index is 1000. The monoisotopic (exact) mass is 372 g/mol. The number of thiophene rings is 1. The van der Waals surface area contributed by atoms with Gasteiger partial charge in [-0.3, -0.25) is 14.3 Å². The van der Waals surface area contributed by atoms with Crippen molar-refractivity contribution in [3.05, 3.63) is 49.6 Å². The van der Waals surface area contributed by atoms with E-state index in [2.05, 4.69) is 10.1 Å². The molecular weight excluding hydrogens is 348 g/mol. The van der Waals surface area contributed by atoms with Crippen molar-refractivity contribution in [2.75, 3.05) is 7.05 Å². The van der Waals surface area contributed by atoms with Crippen LogP contribution in [0.4, 0.5) is 0 Å². The third kappa shape index (κ3) is 3.19. The van der Waals surface area contributed by atoms with E-state index < -0.39 is 0 Å². The predicted molar refractivity (Wildman–Crippen MR) is 105 cm³/mol. The topological polar surface area (TPSA) is 71.0 Å². The lowest BCUT2D eigenvalue weighted by molar-refractivity contribution is -0.131. The van der Waals surface area contributed by atoms with Crippen molar-refractivity contribution in [3.63, 3.8) is 0 Å². The maximum absolute atomic E-state index is 12.6. The molecule has 0 bridgehead atoms. The van der Waals surface area contributed by atoms with Gasteiger partial charge in [-0.2, -0.15) is 5.10 Å². The summed E-state index contributed by atoms with van der Waals surface area (Å²) >= 11 is 1.64. The highest BCUT2D eigenvalue weighted by Gasteiger charge is 2.20. The first kappa shape index (κ1) is 18.4. The highest BCUT2D eigenvalue weighted by atomic mass is 32.1. The minimum absolute atomic E-state index is 0.0323. The van der Waals surface area contributed by atoms with Crippen molar-refractivity contribution in [1.29, 1.82) is 0 Å². The molecule has 3 heterocycles. The number of nitrogens with zero attached hydrogens (tertiary/aromatic N) is 3. The van der Waals surface area contributed by atoms with E-state index in [9.17, 15) is 9.59 Å². The van der Waals surface area contributed by atoms with Crippen LogP contribution in [0.3, 0.4) is 0 Å². The van der Waals surface area contributed by atoms with Gasteiger partial charge in [0.1, 0.15) is 5.65 Å². The molecule has 0 saturated heterocycles. The molecule has 0 spiro atoms. The Morgan fingerprint density at radius 1 is 1.42 bits per heavy atom. The minimum atomic E-state index is -0.139. The number of amides is 1. The zero-order valence-electron chi connectivity index (χ0n) is 15.8. The van der Waals surface area contributed by atoms with Crippen LogP contribution in [-0.4, -0.2) is 32.6 Å². The molecule has 0 aliphatic heterocycles. The first-order valence-corrected chi connectivity index (χ1v) is 9.53. The molecule has 0 aromatic carbocycles. The first-order chi connectivity index (χ1) is 12.3. The molecule has 0 fully saturated rings. The number of aryl methyl sites for hydroxylation is 3. The van der Waals surface area contributed by atoms with Gasteiger partial charge in [0.25, 0.3) is 5.56 Å². The Hall–Kier alpha value is -2.41. The van der Waals surface area contributed by atoms with Gasteiger partial charge in [0.15, 0.2) is 0 Å². The average Bonchev–Trinajstić information content (AvgIpc) is 3.22. The third-order valence-corrected chi connectivity index (χ3v) is 6.12. The van der Waals surface area contributed by atoms with Gasteiger partial charge in [0.05, 0.1) is 11.7 Å². The smallest absolute Gasteiger partial charge is 0.253 e. The number of H-pyrrole nitrogens is 1. The summed E-state index contributed by atoms with van der Waals surface area (Å²) in [7, 11) is 3.63. The van der Waals surface area contributed by atoms with Crippen LogP contribution in [0.15, 0.2) is 22.3 Å². The fraction of sp³-hybridized carbons (Fsp3) is 0.421. The molecule has 1 atom stereocenters. The van der Waals surface area contributed by atoms with E-state index in [1.807, 2.05) is 52.4 Å². The Labute approximate surface area is 156 Å². The summed E-state index contributed by atoms with van der Waals surface area (Å²) in [5.74, 6) is 0.0349. The Morgan fingerprint density at radius 3 is 2.81 bits per heavy atom. The molecule has 0 saturated carbocycles. The van der Waals surface area contributed by atoms with Crippen LogP contribution in [0.2, 0.25) is 0 Å². The van der Waals surface area contributed by atoms with Crippen LogP contribution >= 0.6 is 11.3 Å². The van der Waals surface area contributed by atoms with Crippen molar-refractivity contribution in [3.8, 4) is 0 Å². The summed E-state index contributed by atoms with van der Waals surface area (Å²) < 4.78 is 1.69. The number of hydrogen-bond acceptors (Lipinski definition) is 4. The molecule has 0 unspecified atom stereocenters. The second kappa shape index (κ2) is 7.07. The van der Waals surface area contributed by atoms with E-state index in [0.717, 1.165) is 27.2 Å². The van der Waals surface area contributed by atoms with Crippen LogP contribution in [0.1, 0.15) is 41.1 Å². The lowest BCUT2D eigenvalue weighted by Crippen LogP contribution is -2.30. The molecule has 0 aliphatic rings. The van der Waals surface area contributed by atoms with Crippen molar-refractivity contribution < 1.29 is 4.79 Å². The number of aromatic amines is 1. The molecule has 3 rings (SSSR count). The molecule has 3 aromatic heterocycles. The standard InChI is InChI=1S/C19H24N4O2S/c1-11-14(19(25)20-18-17(11)12(2)21-23(18)5)8-9-16(24)22(4)13(3)15-7-6-10-26-15/h6-7,10,13H,8-9H2,1-5H3,(H,20,25)/t13-/m1/s1. The maximum Gasteiger partial charge on any atom is 0.253 e. The molecule has 138 valence electrons. The highest BCUT2D eigenvalue weighted by molar-refractivity contribution is 7.10. The van der Waals surface area contributed by atoms with Crippen molar-refractivity contribution >= 4 is 28.3 Å². The van der Waals surface area contributed by atoms with E-state index >= 15 is 0 Å². The van der Waals surface area contributed by atoms with E-state index in [1.54, 1.807) is 20.9 Å². The molecule has 1 amide bonds. The van der Waals surface area contributed by atoms with Gasteiger partial charge in [-0.25, -0.2) is 0 Å². The minimum Gasteiger partial charge on any atom is -0.338 e. The summed E-state index contributed by atoms with van der Waals surface area (Å²) in [6, 6.07) is 4.06. The largest absolute Gasteiger partial charge is 0.338 e. The van der Waals surface area contributed by atoms with Crippen molar-refractivity contribution in [1.82, 2.24) is 19.7 Å². The number of hydrogen-bond donors (Lipinski definition) is 1. The van der Waals surface area contributed by atoms with Crippen LogP contribution in [0.5, 0.6) is 0 Å². The number of pyridine rings is 1. The van der Waals surface area contributed by atoms with Gasteiger partial charge in [-0.05, 0) is 44.2 Å². The molecule has 0 aliphatic carbocycles. The van der Waals surface area contributed by atoms with E-state index in [0.29, 0.717) is 18.4 Å². The molecule has 7 heteroatoms. The van der Waals surface area contributed by atoms with Gasteiger partial charge < -0.3 is 9.88 Å². The van der Waals surface area contributed by atoms with Gasteiger partial charge in [-0.1, -0.05) is 6.07 Å². The number of carbonyl (C=O) groups is 1. The second-order valence-corrected chi connectivity index (χ2v) is 7.67. The van der Waals surface area contributed by atoms with Gasteiger partial charge in [-0.15, -0.1) is 11.3 Å². The molecule has 0 radical (unpaired) electrons. The number of fused-ring (bicyclic) bond motifs is 1. The van der Waals surface area contributed by atoms with E-state index in [1.165, 1.54) is 0 Å². The normalized spacial score (nSPS) is 12.5. The van der Waals surface area contributed by atoms with Crippen LogP contribution in [0.25, 0.3) is 11.0 Å². The van der Waals surface area contributed by atoms with Crippen molar-refractivity contribution in [2.45, 2.75) is 39.7 Å². The number of rotatable bonds is 5. The molecular formula is C19H24N4O2S. The number of nitrogens with one attached hydrogen (secondary N) is 1. The average molecular weight is 372 g/mol. The summed E-state index contributed by atoms with van der Waals surface area (Å²) in [5, 5.41) is 7.36. The molecule has 1 N–H and O–H groups in total. The SMILES string of the molecule is Cc1nn(C)c2[nH]c(=O)c(CCC(=O)N(C)[C@H](C)c3cccs3)c(C)c12. The van der Waals surface area contributed by atoms with Gasteiger partial charge >= 0.3 is 0 Å². The molecule has 3 aromatic rings. The zero-order chi connectivity index (χ0) is 19.0. The zero-order valence-corrected chi connectivity index (χ0v) is 16.6. The number of aromatic nitrogens is 3. The summed E-state index contributed by atoms with van der Waals surface area (Å²) in [6.45, 7) is 5.88. The first-order valence-electron chi connectivity index (χ1n) is 8.65. The maximum atomic E-state index is 12.6. The van der Waals surface area contributed by atoms with E-state index in [-0.39, 0.29) is 17.5 Å². The summed E-state index contributed by atoms with van der Waals surface area (Å²) in [5.41, 5.74) is 3.05. The summed E-state index contributed by atoms with van der Waals surface area (Å²) in [4.78, 5) is 30.9. The van der Waals surface area contributed by atoms with Crippen LogP contribution < -0.4 is 5.56 Å².